The zero-order valence-corrected chi connectivity index (χ0v) is 17.7. The molecule has 1 aromatic heterocycles. The van der Waals surface area contributed by atoms with Crippen LogP contribution in [0.3, 0.4) is 0 Å². The molecule has 0 aliphatic heterocycles. The Morgan fingerprint density at radius 2 is 1.83 bits per heavy atom. The quantitative estimate of drug-likeness (QED) is 0.493. The van der Waals surface area contributed by atoms with Crippen molar-refractivity contribution in [3.05, 3.63) is 81.6 Å². The summed E-state index contributed by atoms with van der Waals surface area (Å²) in [6, 6.07) is 13.6. The SMILES string of the molecule is Cc1ccc(OCc2nc(CN(CC(C)C)C(=O)c3ccc(F)cc3)cs2)cc1. The number of benzene rings is 2. The molecule has 0 saturated carbocycles. The summed E-state index contributed by atoms with van der Waals surface area (Å²) in [5, 5.41) is 2.82. The lowest BCUT2D eigenvalue weighted by Gasteiger charge is -2.24. The second-order valence-electron chi connectivity index (χ2n) is 7.42. The fourth-order valence-electron chi connectivity index (χ4n) is 2.90. The van der Waals surface area contributed by atoms with Gasteiger partial charge in [-0.3, -0.25) is 4.79 Å². The van der Waals surface area contributed by atoms with E-state index >= 15 is 0 Å². The van der Waals surface area contributed by atoms with E-state index in [0.717, 1.165) is 16.5 Å². The largest absolute Gasteiger partial charge is 0.486 e. The van der Waals surface area contributed by atoms with Gasteiger partial charge in [0.15, 0.2) is 0 Å². The summed E-state index contributed by atoms with van der Waals surface area (Å²) in [6.45, 7) is 7.56. The Bertz CT molecular complexity index is 936. The molecule has 3 rings (SSSR count). The molecule has 0 saturated heterocycles. The predicted octanol–water partition coefficient (Wildman–Crippen LogP) is 5.47. The topological polar surface area (TPSA) is 42.4 Å². The van der Waals surface area contributed by atoms with Gasteiger partial charge in [0.2, 0.25) is 0 Å². The number of rotatable bonds is 8. The van der Waals surface area contributed by atoms with Crippen LogP contribution < -0.4 is 4.74 Å². The van der Waals surface area contributed by atoms with E-state index in [2.05, 4.69) is 18.8 Å². The molecule has 0 radical (unpaired) electrons. The number of hydrogen-bond donors (Lipinski definition) is 0. The molecule has 0 aliphatic carbocycles. The van der Waals surface area contributed by atoms with E-state index < -0.39 is 0 Å². The van der Waals surface area contributed by atoms with E-state index in [9.17, 15) is 9.18 Å². The maximum absolute atomic E-state index is 13.2. The number of hydrogen-bond acceptors (Lipinski definition) is 4. The van der Waals surface area contributed by atoms with Gasteiger partial charge in [-0.15, -0.1) is 11.3 Å². The summed E-state index contributed by atoms with van der Waals surface area (Å²) in [7, 11) is 0. The fourth-order valence-corrected chi connectivity index (χ4v) is 3.59. The lowest BCUT2D eigenvalue weighted by molar-refractivity contribution is 0.0720. The van der Waals surface area contributed by atoms with Crippen LogP contribution in [0, 0.1) is 18.7 Å². The van der Waals surface area contributed by atoms with Gasteiger partial charge in [-0.2, -0.15) is 0 Å². The zero-order chi connectivity index (χ0) is 20.8. The minimum atomic E-state index is -0.352. The van der Waals surface area contributed by atoms with E-state index in [4.69, 9.17) is 4.74 Å². The molecular weight excluding hydrogens is 387 g/mol. The lowest BCUT2D eigenvalue weighted by Crippen LogP contribution is -2.33. The van der Waals surface area contributed by atoms with Crippen LogP contribution in [-0.4, -0.2) is 22.3 Å². The number of aryl methyl sites for hydroxylation is 1. The van der Waals surface area contributed by atoms with Gasteiger partial charge in [-0.05, 0) is 49.2 Å². The van der Waals surface area contributed by atoms with E-state index in [1.165, 1.54) is 41.2 Å². The number of carbonyl (C=O) groups is 1. The number of thiazole rings is 1. The highest BCUT2D eigenvalue weighted by molar-refractivity contribution is 7.09. The molecule has 3 aromatic rings. The molecule has 29 heavy (non-hydrogen) atoms. The number of carbonyl (C=O) groups excluding carboxylic acids is 1. The van der Waals surface area contributed by atoms with Crippen LogP contribution in [0.25, 0.3) is 0 Å². The van der Waals surface area contributed by atoms with Crippen LogP contribution in [0.4, 0.5) is 4.39 Å². The normalized spacial score (nSPS) is 10.9. The summed E-state index contributed by atoms with van der Waals surface area (Å²) in [5.41, 5.74) is 2.49. The molecule has 4 nitrogen and oxygen atoms in total. The van der Waals surface area contributed by atoms with E-state index in [1.807, 2.05) is 36.6 Å². The summed E-state index contributed by atoms with van der Waals surface area (Å²) in [4.78, 5) is 19.3. The Kier molecular flexibility index (Phi) is 6.99. The van der Waals surface area contributed by atoms with Gasteiger partial charge in [0.1, 0.15) is 23.2 Å². The Labute approximate surface area is 175 Å². The molecular formula is C23H25FN2O2S. The minimum absolute atomic E-state index is 0.121. The molecule has 0 fully saturated rings. The molecule has 152 valence electrons. The Morgan fingerprint density at radius 3 is 2.48 bits per heavy atom. The summed E-state index contributed by atoms with van der Waals surface area (Å²) in [6.07, 6.45) is 0. The molecule has 2 aromatic carbocycles. The predicted molar refractivity (Wildman–Crippen MR) is 114 cm³/mol. The minimum Gasteiger partial charge on any atom is -0.486 e. The highest BCUT2D eigenvalue weighted by Crippen LogP contribution is 2.18. The van der Waals surface area contributed by atoms with Crippen molar-refractivity contribution in [3.8, 4) is 5.75 Å². The number of ether oxygens (including phenoxy) is 1. The molecule has 0 aliphatic rings. The third-order valence-electron chi connectivity index (χ3n) is 4.30. The lowest BCUT2D eigenvalue weighted by atomic mass is 10.1. The molecule has 0 N–H and O–H groups in total. The summed E-state index contributed by atoms with van der Waals surface area (Å²) >= 11 is 1.52. The maximum Gasteiger partial charge on any atom is 0.254 e. The zero-order valence-electron chi connectivity index (χ0n) is 16.9. The van der Waals surface area contributed by atoms with Gasteiger partial charge in [0.25, 0.3) is 5.91 Å². The van der Waals surface area contributed by atoms with Crippen molar-refractivity contribution in [3.63, 3.8) is 0 Å². The molecule has 0 unspecified atom stereocenters. The average Bonchev–Trinajstić information content (AvgIpc) is 3.14. The van der Waals surface area contributed by atoms with Crippen molar-refractivity contribution >= 4 is 17.2 Å². The van der Waals surface area contributed by atoms with E-state index in [0.29, 0.717) is 31.2 Å². The number of nitrogens with zero attached hydrogens (tertiary/aromatic N) is 2. The molecule has 1 heterocycles. The first kappa shape index (κ1) is 21.0. The van der Waals surface area contributed by atoms with Gasteiger partial charge in [-0.1, -0.05) is 31.5 Å². The Balaban J connectivity index is 1.65. The fraction of sp³-hybridized carbons (Fsp3) is 0.304. The standard InChI is InChI=1S/C23H25FN2O2S/c1-16(2)12-26(23(27)18-6-8-19(24)9-7-18)13-20-15-29-22(25-20)14-28-21-10-4-17(3)5-11-21/h4-11,15-16H,12-14H2,1-3H3. The Morgan fingerprint density at radius 1 is 1.14 bits per heavy atom. The van der Waals surface area contributed by atoms with Gasteiger partial charge in [0, 0.05) is 17.5 Å². The summed E-state index contributed by atoms with van der Waals surface area (Å²) < 4.78 is 19.0. The molecule has 6 heteroatoms. The second-order valence-corrected chi connectivity index (χ2v) is 8.36. The van der Waals surface area contributed by atoms with Gasteiger partial charge < -0.3 is 9.64 Å². The van der Waals surface area contributed by atoms with E-state index in [-0.39, 0.29) is 11.7 Å². The highest BCUT2D eigenvalue weighted by Gasteiger charge is 2.19. The van der Waals surface area contributed by atoms with Crippen molar-refractivity contribution < 1.29 is 13.9 Å². The molecule has 0 spiro atoms. The van der Waals surface area contributed by atoms with Crippen LogP contribution >= 0.6 is 11.3 Å². The number of amides is 1. The smallest absolute Gasteiger partial charge is 0.254 e. The summed E-state index contributed by atoms with van der Waals surface area (Å²) in [5.74, 6) is 0.640. The van der Waals surface area contributed by atoms with Crippen molar-refractivity contribution in [2.45, 2.75) is 33.9 Å². The van der Waals surface area contributed by atoms with Crippen molar-refractivity contribution in [1.29, 1.82) is 0 Å². The van der Waals surface area contributed by atoms with Crippen LogP contribution in [0.15, 0.2) is 53.9 Å². The Hall–Kier alpha value is -2.73. The molecule has 1 amide bonds. The van der Waals surface area contributed by atoms with Gasteiger partial charge in [0.05, 0.1) is 12.2 Å². The average molecular weight is 413 g/mol. The van der Waals surface area contributed by atoms with Gasteiger partial charge >= 0.3 is 0 Å². The van der Waals surface area contributed by atoms with Crippen LogP contribution in [0.1, 0.15) is 40.5 Å². The third kappa shape index (κ3) is 6.12. The monoisotopic (exact) mass is 412 g/mol. The number of aromatic nitrogens is 1. The van der Waals surface area contributed by atoms with E-state index in [1.54, 1.807) is 4.90 Å². The first-order valence-electron chi connectivity index (χ1n) is 9.58. The van der Waals surface area contributed by atoms with Crippen LogP contribution in [0.2, 0.25) is 0 Å². The molecule has 0 bridgehead atoms. The van der Waals surface area contributed by atoms with Crippen LogP contribution in [-0.2, 0) is 13.2 Å². The van der Waals surface area contributed by atoms with Crippen molar-refractivity contribution in [2.75, 3.05) is 6.54 Å². The third-order valence-corrected chi connectivity index (χ3v) is 5.17. The second kappa shape index (κ2) is 9.65. The first-order valence-corrected chi connectivity index (χ1v) is 10.5. The number of halogens is 1. The highest BCUT2D eigenvalue weighted by atomic mass is 32.1. The maximum atomic E-state index is 13.2. The van der Waals surface area contributed by atoms with Gasteiger partial charge in [-0.25, -0.2) is 9.37 Å². The van der Waals surface area contributed by atoms with Crippen molar-refractivity contribution in [1.82, 2.24) is 9.88 Å². The van der Waals surface area contributed by atoms with Crippen molar-refractivity contribution in [2.24, 2.45) is 5.92 Å². The molecule has 0 atom stereocenters. The first-order chi connectivity index (χ1) is 13.9. The van der Waals surface area contributed by atoms with Crippen LogP contribution in [0.5, 0.6) is 5.75 Å².